The zero-order valence-electron chi connectivity index (χ0n) is 11.0. The molecule has 0 unspecified atom stereocenters. The number of benzene rings is 1. The third kappa shape index (κ3) is 5.42. The molecule has 0 aliphatic rings. The lowest BCUT2D eigenvalue weighted by Crippen LogP contribution is -2.35. The third-order valence-electron chi connectivity index (χ3n) is 2.53. The van der Waals surface area contributed by atoms with Gasteiger partial charge in [0.1, 0.15) is 5.75 Å². The van der Waals surface area contributed by atoms with E-state index in [9.17, 15) is 13.6 Å². The van der Waals surface area contributed by atoms with Gasteiger partial charge in [-0.3, -0.25) is 4.79 Å². The molecule has 0 N–H and O–H groups in total. The minimum absolute atomic E-state index is 0.0282. The van der Waals surface area contributed by atoms with Crippen LogP contribution in [-0.4, -0.2) is 49.6 Å². The highest BCUT2D eigenvalue weighted by Gasteiger charge is 2.15. The Hall–Kier alpha value is -1.21. The van der Waals surface area contributed by atoms with Crippen molar-refractivity contribution in [2.45, 2.75) is 6.61 Å². The van der Waals surface area contributed by atoms with Crippen LogP contribution in [0.4, 0.5) is 8.78 Å². The van der Waals surface area contributed by atoms with Gasteiger partial charge in [0.25, 0.3) is 5.91 Å². The lowest BCUT2D eigenvalue weighted by molar-refractivity contribution is -0.0498. The topological polar surface area (TPSA) is 38.8 Å². The van der Waals surface area contributed by atoms with Crippen molar-refractivity contribution < 1.29 is 23.0 Å². The van der Waals surface area contributed by atoms with E-state index in [1.165, 1.54) is 24.3 Å². The molecular formula is C13H16BrF2NO3. The van der Waals surface area contributed by atoms with Crippen molar-refractivity contribution in [1.29, 1.82) is 0 Å². The van der Waals surface area contributed by atoms with Crippen LogP contribution in [0.15, 0.2) is 24.3 Å². The molecule has 1 aromatic rings. The van der Waals surface area contributed by atoms with Crippen molar-refractivity contribution in [2.75, 3.05) is 32.1 Å². The fraction of sp³-hybridized carbons (Fsp3) is 0.462. The number of rotatable bonds is 8. The van der Waals surface area contributed by atoms with Gasteiger partial charge in [-0.1, -0.05) is 15.9 Å². The summed E-state index contributed by atoms with van der Waals surface area (Å²) in [6, 6.07) is 5.63. The molecule has 0 aliphatic carbocycles. The van der Waals surface area contributed by atoms with Gasteiger partial charge in [0.15, 0.2) is 0 Å². The maximum absolute atomic E-state index is 12.2. The van der Waals surface area contributed by atoms with Gasteiger partial charge in [0.2, 0.25) is 0 Å². The van der Waals surface area contributed by atoms with Crippen LogP contribution >= 0.6 is 15.9 Å². The first kappa shape index (κ1) is 16.8. The number of carbonyl (C=O) groups is 1. The Labute approximate surface area is 124 Å². The Kier molecular flexibility index (Phi) is 7.46. The van der Waals surface area contributed by atoms with Crippen molar-refractivity contribution in [3.05, 3.63) is 29.8 Å². The Morgan fingerprint density at radius 3 is 2.45 bits per heavy atom. The van der Waals surface area contributed by atoms with Gasteiger partial charge in [-0.05, 0) is 24.3 Å². The van der Waals surface area contributed by atoms with Crippen molar-refractivity contribution in [1.82, 2.24) is 4.90 Å². The maximum atomic E-state index is 12.2. The number of hydrogen-bond acceptors (Lipinski definition) is 3. The van der Waals surface area contributed by atoms with Crippen LogP contribution in [0.2, 0.25) is 0 Å². The molecule has 0 saturated carbocycles. The number of carbonyl (C=O) groups excluding carboxylic acids is 1. The molecule has 0 aromatic heterocycles. The quantitative estimate of drug-likeness (QED) is 0.676. The minimum atomic E-state index is -2.87. The van der Waals surface area contributed by atoms with Crippen LogP contribution < -0.4 is 4.74 Å². The number of ether oxygens (including phenoxy) is 2. The molecule has 1 rings (SSSR count). The Morgan fingerprint density at radius 1 is 1.30 bits per heavy atom. The summed E-state index contributed by atoms with van der Waals surface area (Å²) in [6.45, 7) is -1.43. The van der Waals surface area contributed by atoms with Gasteiger partial charge in [-0.2, -0.15) is 8.78 Å². The molecule has 0 radical (unpaired) electrons. The fourth-order valence-corrected chi connectivity index (χ4v) is 2.01. The van der Waals surface area contributed by atoms with Crippen LogP contribution in [0, 0.1) is 0 Å². The molecule has 112 valence electrons. The number of methoxy groups -OCH3 is 1. The number of nitrogens with zero attached hydrogens (tertiary/aromatic N) is 1. The second kappa shape index (κ2) is 8.86. The SMILES string of the molecule is COCCN(CCBr)C(=O)c1ccc(OC(F)F)cc1. The number of amides is 1. The zero-order valence-corrected chi connectivity index (χ0v) is 12.6. The molecule has 20 heavy (non-hydrogen) atoms. The molecule has 0 heterocycles. The van der Waals surface area contributed by atoms with Gasteiger partial charge < -0.3 is 14.4 Å². The molecule has 1 amide bonds. The third-order valence-corrected chi connectivity index (χ3v) is 2.89. The zero-order chi connectivity index (χ0) is 15.0. The molecule has 0 fully saturated rings. The summed E-state index contributed by atoms with van der Waals surface area (Å²) in [5.74, 6) is -0.148. The van der Waals surface area contributed by atoms with Gasteiger partial charge >= 0.3 is 6.61 Å². The van der Waals surface area contributed by atoms with E-state index in [1.54, 1.807) is 12.0 Å². The number of hydrogen-bond donors (Lipinski definition) is 0. The van der Waals surface area contributed by atoms with Crippen LogP contribution in [0.1, 0.15) is 10.4 Å². The lowest BCUT2D eigenvalue weighted by Gasteiger charge is -2.21. The highest BCUT2D eigenvalue weighted by Crippen LogP contribution is 2.16. The first-order chi connectivity index (χ1) is 9.58. The highest BCUT2D eigenvalue weighted by molar-refractivity contribution is 9.09. The summed E-state index contributed by atoms with van der Waals surface area (Å²) in [7, 11) is 1.56. The van der Waals surface area contributed by atoms with E-state index in [0.717, 1.165) is 0 Å². The summed E-state index contributed by atoms with van der Waals surface area (Å²) < 4.78 is 33.3. The smallest absolute Gasteiger partial charge is 0.387 e. The molecule has 0 aliphatic heterocycles. The van der Waals surface area contributed by atoms with Crippen LogP contribution in [0.25, 0.3) is 0 Å². The molecule has 0 bridgehead atoms. The maximum Gasteiger partial charge on any atom is 0.387 e. The van der Waals surface area contributed by atoms with Gasteiger partial charge in [0, 0.05) is 31.1 Å². The predicted molar refractivity (Wildman–Crippen MR) is 74.6 cm³/mol. The molecular weight excluding hydrogens is 336 g/mol. The van der Waals surface area contributed by atoms with Gasteiger partial charge in [-0.25, -0.2) is 0 Å². The average molecular weight is 352 g/mol. The number of alkyl halides is 3. The Bertz CT molecular complexity index is 415. The largest absolute Gasteiger partial charge is 0.435 e. The van der Waals surface area contributed by atoms with E-state index < -0.39 is 6.61 Å². The van der Waals surface area contributed by atoms with E-state index in [2.05, 4.69) is 20.7 Å². The van der Waals surface area contributed by atoms with E-state index in [-0.39, 0.29) is 11.7 Å². The number of halogens is 3. The van der Waals surface area contributed by atoms with E-state index >= 15 is 0 Å². The summed E-state index contributed by atoms with van der Waals surface area (Å²) in [6.07, 6.45) is 0. The van der Waals surface area contributed by atoms with Crippen molar-refractivity contribution in [3.8, 4) is 5.75 Å². The summed E-state index contributed by atoms with van der Waals surface area (Å²) in [5, 5.41) is 0.648. The normalized spacial score (nSPS) is 10.7. The Morgan fingerprint density at radius 2 is 1.95 bits per heavy atom. The van der Waals surface area contributed by atoms with E-state index in [1.807, 2.05) is 0 Å². The van der Waals surface area contributed by atoms with Gasteiger partial charge in [-0.15, -0.1) is 0 Å². The minimum Gasteiger partial charge on any atom is -0.435 e. The molecule has 1 aromatic carbocycles. The molecule has 0 saturated heterocycles. The monoisotopic (exact) mass is 351 g/mol. The average Bonchev–Trinajstić information content (AvgIpc) is 2.43. The van der Waals surface area contributed by atoms with E-state index in [4.69, 9.17) is 4.74 Å². The second-order valence-electron chi connectivity index (χ2n) is 3.88. The van der Waals surface area contributed by atoms with E-state index in [0.29, 0.717) is 30.6 Å². The van der Waals surface area contributed by atoms with Crippen LogP contribution in [-0.2, 0) is 4.74 Å². The van der Waals surface area contributed by atoms with Crippen molar-refractivity contribution in [2.24, 2.45) is 0 Å². The van der Waals surface area contributed by atoms with Gasteiger partial charge in [0.05, 0.1) is 6.61 Å². The first-order valence-corrected chi connectivity index (χ1v) is 7.09. The van der Waals surface area contributed by atoms with Crippen molar-refractivity contribution in [3.63, 3.8) is 0 Å². The standard InChI is InChI=1S/C13H16BrF2NO3/c1-19-9-8-17(7-6-14)12(18)10-2-4-11(5-3-10)20-13(15)16/h2-5,13H,6-9H2,1H3. The predicted octanol–water partition coefficient (Wildman–Crippen LogP) is 2.77. The molecule has 4 nitrogen and oxygen atoms in total. The summed E-state index contributed by atoms with van der Waals surface area (Å²) in [5.41, 5.74) is 0.420. The first-order valence-electron chi connectivity index (χ1n) is 5.97. The molecule has 0 spiro atoms. The Balaban J connectivity index is 2.72. The fourth-order valence-electron chi connectivity index (χ4n) is 1.58. The van der Waals surface area contributed by atoms with Crippen molar-refractivity contribution >= 4 is 21.8 Å². The highest BCUT2D eigenvalue weighted by atomic mass is 79.9. The molecule has 0 atom stereocenters. The second-order valence-corrected chi connectivity index (χ2v) is 4.67. The lowest BCUT2D eigenvalue weighted by atomic mass is 10.2. The van der Waals surface area contributed by atoms with Crippen LogP contribution in [0.5, 0.6) is 5.75 Å². The summed E-state index contributed by atoms with van der Waals surface area (Å²) in [4.78, 5) is 13.9. The van der Waals surface area contributed by atoms with Crippen LogP contribution in [0.3, 0.4) is 0 Å². The molecule has 7 heteroatoms. The summed E-state index contributed by atoms with van der Waals surface area (Å²) >= 11 is 3.28.